The second-order valence-corrected chi connectivity index (χ2v) is 7.98. The average molecular weight is 459 g/mol. The van der Waals surface area contributed by atoms with Crippen LogP contribution >= 0.6 is 15.9 Å². The van der Waals surface area contributed by atoms with Crippen LogP contribution in [-0.2, 0) is 13.1 Å². The van der Waals surface area contributed by atoms with E-state index in [1.165, 1.54) is 0 Å². The fraction of sp³-hybridized carbons (Fsp3) is 0.381. The van der Waals surface area contributed by atoms with Crippen molar-refractivity contribution >= 4 is 21.8 Å². The lowest BCUT2D eigenvalue weighted by molar-refractivity contribution is 0.0676. The Morgan fingerprint density at radius 1 is 1.17 bits per heavy atom. The van der Waals surface area contributed by atoms with Crippen molar-refractivity contribution in [2.24, 2.45) is 0 Å². The highest BCUT2D eigenvalue weighted by Gasteiger charge is 2.29. The van der Waals surface area contributed by atoms with Crippen molar-refractivity contribution < 1.29 is 9.21 Å². The van der Waals surface area contributed by atoms with Gasteiger partial charge < -0.3 is 9.32 Å². The molecule has 0 saturated carbocycles. The van der Waals surface area contributed by atoms with Crippen LogP contribution in [0, 0.1) is 0 Å². The first kappa shape index (κ1) is 19.7. The van der Waals surface area contributed by atoms with Crippen LogP contribution in [0.2, 0.25) is 0 Å². The number of piperidine rings is 1. The van der Waals surface area contributed by atoms with E-state index in [9.17, 15) is 9.59 Å². The van der Waals surface area contributed by atoms with Gasteiger partial charge >= 0.3 is 5.69 Å². The van der Waals surface area contributed by atoms with Crippen LogP contribution in [0.5, 0.6) is 0 Å². The molecule has 7 nitrogen and oxygen atoms in total. The molecule has 152 valence electrons. The topological polar surface area (TPSA) is 73.3 Å². The fourth-order valence-corrected chi connectivity index (χ4v) is 4.15. The maximum atomic E-state index is 12.8. The number of furan rings is 1. The zero-order valence-electron chi connectivity index (χ0n) is 16.3. The van der Waals surface area contributed by atoms with Crippen molar-refractivity contribution in [1.82, 2.24) is 19.2 Å². The molecule has 0 spiro atoms. The van der Waals surface area contributed by atoms with E-state index >= 15 is 0 Å². The fourth-order valence-electron chi connectivity index (χ4n) is 3.84. The standard InChI is InChI=1S/C21H23BrN4O3/c1-2-25-19(23-26(21(25)28)14-15-6-4-3-5-7-15)16-10-12-24(13-11-16)20(27)17-8-9-18(22)29-17/h3-9,16H,2,10-14H2,1H3. The molecule has 2 aromatic heterocycles. The van der Waals surface area contributed by atoms with Gasteiger partial charge in [0.1, 0.15) is 5.82 Å². The SMILES string of the molecule is CCn1c(C2CCN(C(=O)c3ccc(Br)o3)CC2)nn(Cc2ccccc2)c1=O. The highest BCUT2D eigenvalue weighted by Crippen LogP contribution is 2.27. The van der Waals surface area contributed by atoms with Crippen molar-refractivity contribution in [3.05, 3.63) is 74.8 Å². The molecular formula is C21H23BrN4O3. The lowest BCUT2D eigenvalue weighted by Gasteiger charge is -2.31. The molecule has 8 heteroatoms. The molecule has 1 fully saturated rings. The van der Waals surface area contributed by atoms with E-state index < -0.39 is 0 Å². The predicted molar refractivity (Wildman–Crippen MR) is 112 cm³/mol. The molecule has 3 heterocycles. The van der Waals surface area contributed by atoms with Crippen molar-refractivity contribution in [2.45, 2.75) is 38.8 Å². The summed E-state index contributed by atoms with van der Waals surface area (Å²) in [6, 6.07) is 13.3. The summed E-state index contributed by atoms with van der Waals surface area (Å²) in [5.41, 5.74) is 0.970. The molecule has 0 N–H and O–H groups in total. The van der Waals surface area contributed by atoms with E-state index in [0.717, 1.165) is 24.2 Å². The minimum absolute atomic E-state index is 0.0784. The molecular weight excluding hydrogens is 436 g/mol. The van der Waals surface area contributed by atoms with Gasteiger partial charge in [-0.15, -0.1) is 0 Å². The second-order valence-electron chi connectivity index (χ2n) is 7.20. The van der Waals surface area contributed by atoms with Crippen molar-refractivity contribution in [3.63, 3.8) is 0 Å². The first-order valence-electron chi connectivity index (χ1n) is 9.83. The summed E-state index contributed by atoms with van der Waals surface area (Å²) in [4.78, 5) is 27.2. The summed E-state index contributed by atoms with van der Waals surface area (Å²) in [5, 5.41) is 4.67. The minimum Gasteiger partial charge on any atom is -0.444 e. The monoisotopic (exact) mass is 458 g/mol. The molecule has 0 atom stereocenters. The van der Waals surface area contributed by atoms with E-state index in [-0.39, 0.29) is 17.5 Å². The molecule has 0 bridgehead atoms. The summed E-state index contributed by atoms with van der Waals surface area (Å²) in [6.45, 7) is 4.25. The molecule has 3 aromatic rings. The third-order valence-electron chi connectivity index (χ3n) is 5.37. The van der Waals surface area contributed by atoms with Gasteiger partial charge in [0.25, 0.3) is 5.91 Å². The van der Waals surface area contributed by atoms with Gasteiger partial charge in [-0.05, 0) is 53.4 Å². The van der Waals surface area contributed by atoms with Crippen LogP contribution in [0.15, 0.2) is 56.3 Å². The minimum atomic E-state index is -0.100. The quantitative estimate of drug-likeness (QED) is 0.586. The van der Waals surface area contributed by atoms with E-state index in [0.29, 0.717) is 36.6 Å². The van der Waals surface area contributed by atoms with Crippen LogP contribution in [0.25, 0.3) is 0 Å². The van der Waals surface area contributed by atoms with Crippen molar-refractivity contribution in [2.75, 3.05) is 13.1 Å². The summed E-state index contributed by atoms with van der Waals surface area (Å²) in [5.74, 6) is 1.22. The Kier molecular flexibility index (Phi) is 5.71. The number of rotatable bonds is 5. The number of hydrogen-bond acceptors (Lipinski definition) is 4. The van der Waals surface area contributed by atoms with Gasteiger partial charge in [0.15, 0.2) is 10.4 Å². The van der Waals surface area contributed by atoms with E-state index in [4.69, 9.17) is 4.42 Å². The number of likely N-dealkylation sites (tertiary alicyclic amines) is 1. The maximum Gasteiger partial charge on any atom is 0.346 e. The van der Waals surface area contributed by atoms with Gasteiger partial charge in [-0.25, -0.2) is 9.48 Å². The second kappa shape index (κ2) is 8.41. The van der Waals surface area contributed by atoms with Gasteiger partial charge in [0.2, 0.25) is 0 Å². The van der Waals surface area contributed by atoms with E-state index in [1.807, 2.05) is 37.3 Å². The van der Waals surface area contributed by atoms with Crippen LogP contribution in [0.1, 0.15) is 47.6 Å². The molecule has 0 unspecified atom stereocenters. The number of aromatic nitrogens is 3. The Morgan fingerprint density at radius 3 is 2.52 bits per heavy atom. The Balaban J connectivity index is 1.48. The molecule has 1 aliphatic heterocycles. The number of halogens is 1. The van der Waals surface area contributed by atoms with E-state index in [2.05, 4.69) is 21.0 Å². The first-order valence-corrected chi connectivity index (χ1v) is 10.6. The number of amides is 1. The Labute approximate surface area is 177 Å². The lowest BCUT2D eigenvalue weighted by Crippen LogP contribution is -2.38. The number of carbonyl (C=O) groups is 1. The Hall–Kier alpha value is -2.61. The predicted octanol–water partition coefficient (Wildman–Crippen LogP) is 3.49. The average Bonchev–Trinajstić information content (AvgIpc) is 3.32. The molecule has 1 saturated heterocycles. The Bertz CT molecular complexity index is 1050. The molecule has 29 heavy (non-hydrogen) atoms. The smallest absolute Gasteiger partial charge is 0.346 e. The van der Waals surface area contributed by atoms with Crippen molar-refractivity contribution in [3.8, 4) is 0 Å². The zero-order valence-corrected chi connectivity index (χ0v) is 17.8. The molecule has 1 aliphatic rings. The zero-order chi connectivity index (χ0) is 20.4. The molecule has 1 aromatic carbocycles. The highest BCUT2D eigenvalue weighted by atomic mass is 79.9. The third-order valence-corrected chi connectivity index (χ3v) is 5.80. The van der Waals surface area contributed by atoms with Crippen LogP contribution < -0.4 is 5.69 Å². The highest BCUT2D eigenvalue weighted by molar-refractivity contribution is 9.10. The van der Waals surface area contributed by atoms with Crippen LogP contribution in [-0.4, -0.2) is 38.2 Å². The Morgan fingerprint density at radius 2 is 1.90 bits per heavy atom. The van der Waals surface area contributed by atoms with Crippen LogP contribution in [0.4, 0.5) is 0 Å². The van der Waals surface area contributed by atoms with Gasteiger partial charge in [0, 0.05) is 25.6 Å². The lowest BCUT2D eigenvalue weighted by atomic mass is 9.95. The number of nitrogens with zero attached hydrogens (tertiary/aromatic N) is 4. The summed E-state index contributed by atoms with van der Waals surface area (Å²) < 4.78 is 9.24. The number of benzene rings is 1. The molecule has 0 aliphatic carbocycles. The van der Waals surface area contributed by atoms with Gasteiger partial charge in [-0.3, -0.25) is 9.36 Å². The largest absolute Gasteiger partial charge is 0.444 e. The molecule has 4 rings (SSSR count). The summed E-state index contributed by atoms with van der Waals surface area (Å²) >= 11 is 3.23. The number of hydrogen-bond donors (Lipinski definition) is 0. The van der Waals surface area contributed by atoms with Gasteiger partial charge in [-0.2, -0.15) is 5.10 Å². The van der Waals surface area contributed by atoms with Crippen LogP contribution in [0.3, 0.4) is 0 Å². The summed E-state index contributed by atoms with van der Waals surface area (Å²) in [6.07, 6.45) is 1.55. The maximum absolute atomic E-state index is 12.8. The van der Waals surface area contributed by atoms with Gasteiger partial charge in [-0.1, -0.05) is 30.3 Å². The molecule has 1 amide bonds. The number of carbonyl (C=O) groups excluding carboxylic acids is 1. The van der Waals surface area contributed by atoms with Crippen molar-refractivity contribution in [1.29, 1.82) is 0 Å². The van der Waals surface area contributed by atoms with Gasteiger partial charge in [0.05, 0.1) is 6.54 Å². The first-order chi connectivity index (χ1) is 14.1. The summed E-state index contributed by atoms with van der Waals surface area (Å²) in [7, 11) is 0. The normalized spacial score (nSPS) is 15.0. The van der Waals surface area contributed by atoms with E-state index in [1.54, 1.807) is 26.3 Å². The third kappa shape index (κ3) is 4.07. The molecule has 0 radical (unpaired) electrons.